The summed E-state index contributed by atoms with van der Waals surface area (Å²) < 4.78 is 27.7. The van der Waals surface area contributed by atoms with E-state index in [0.29, 0.717) is 43.9 Å². The van der Waals surface area contributed by atoms with Crippen molar-refractivity contribution in [2.45, 2.75) is 51.1 Å². The van der Waals surface area contributed by atoms with Gasteiger partial charge < -0.3 is 10.6 Å². The maximum absolute atomic E-state index is 13.3. The van der Waals surface area contributed by atoms with Crippen molar-refractivity contribution in [3.8, 4) is 0 Å². The molecular weight excluding hydrogens is 574 g/mol. The second-order valence-electron chi connectivity index (χ2n) is 10.1. The largest absolute Gasteiger partial charge is 0.341 e. The second kappa shape index (κ2) is 14.1. The molecule has 0 aliphatic carbocycles. The van der Waals surface area contributed by atoms with E-state index in [1.807, 2.05) is 32.0 Å². The van der Waals surface area contributed by atoms with E-state index in [1.165, 1.54) is 52.5 Å². The maximum Gasteiger partial charge on any atom is 0.321 e. The zero-order valence-electron chi connectivity index (χ0n) is 24.1. The van der Waals surface area contributed by atoms with E-state index in [1.54, 1.807) is 0 Å². The molecule has 1 aliphatic rings. The summed E-state index contributed by atoms with van der Waals surface area (Å²) in [4.78, 5) is 41.8. The zero-order valence-corrected chi connectivity index (χ0v) is 25.7. The molecule has 224 valence electrons. The molecule has 4 amide bonds. The van der Waals surface area contributed by atoms with Crippen molar-refractivity contribution in [1.29, 1.82) is 0 Å². The molecule has 3 aromatic rings. The first-order chi connectivity index (χ1) is 20.2. The number of hydrogen-bond donors (Lipinski definition) is 3. The predicted octanol–water partition coefficient (Wildman–Crippen LogP) is 4.44. The van der Waals surface area contributed by atoms with E-state index >= 15 is 0 Å². The fourth-order valence-corrected chi connectivity index (χ4v) is 7.85. The van der Waals surface area contributed by atoms with Crippen LogP contribution in [0.4, 0.5) is 9.80 Å². The summed E-state index contributed by atoms with van der Waals surface area (Å²) in [6.07, 6.45) is 1.98. The van der Waals surface area contributed by atoms with Gasteiger partial charge in [-0.3, -0.25) is 19.8 Å². The number of sulfonamides is 1. The molecule has 0 atom stereocenters. The van der Waals surface area contributed by atoms with E-state index in [0.717, 1.165) is 23.5 Å². The minimum absolute atomic E-state index is 0.122. The summed E-state index contributed by atoms with van der Waals surface area (Å²) in [6, 6.07) is 15.3. The molecule has 42 heavy (non-hydrogen) atoms. The van der Waals surface area contributed by atoms with Crippen molar-refractivity contribution in [1.82, 2.24) is 19.8 Å². The molecule has 0 radical (unpaired) electrons. The van der Waals surface area contributed by atoms with E-state index in [9.17, 15) is 22.8 Å². The number of benzene rings is 2. The van der Waals surface area contributed by atoms with Gasteiger partial charge >= 0.3 is 6.03 Å². The van der Waals surface area contributed by atoms with Crippen molar-refractivity contribution in [3.05, 3.63) is 81.7 Å². The summed E-state index contributed by atoms with van der Waals surface area (Å²) in [5.74, 6) is -1.07. The summed E-state index contributed by atoms with van der Waals surface area (Å²) in [5, 5.41) is 7.91. The first kappa shape index (κ1) is 31.4. The number of carbonyl (C=O) groups is 3. The van der Waals surface area contributed by atoms with E-state index in [-0.39, 0.29) is 16.0 Å². The predicted molar refractivity (Wildman–Crippen MR) is 164 cm³/mol. The van der Waals surface area contributed by atoms with Gasteiger partial charge in [0.15, 0.2) is 0 Å². The third-order valence-electron chi connectivity index (χ3n) is 6.99. The molecular formula is C30H37N5O5S2. The first-order valence-electron chi connectivity index (χ1n) is 14.0. The quantitative estimate of drug-likeness (QED) is 0.294. The Morgan fingerprint density at radius 3 is 2.24 bits per heavy atom. The maximum atomic E-state index is 13.3. The van der Waals surface area contributed by atoms with Crippen molar-refractivity contribution < 1.29 is 22.8 Å². The smallest absolute Gasteiger partial charge is 0.321 e. The highest BCUT2D eigenvalue weighted by Gasteiger charge is 2.30. The van der Waals surface area contributed by atoms with Crippen LogP contribution >= 0.6 is 11.3 Å². The van der Waals surface area contributed by atoms with E-state index < -0.39 is 27.9 Å². The van der Waals surface area contributed by atoms with Gasteiger partial charge in [-0.25, -0.2) is 13.2 Å². The van der Waals surface area contributed by atoms with Crippen LogP contribution in [0.1, 0.15) is 63.4 Å². The Bertz CT molecular complexity index is 1520. The molecule has 0 saturated heterocycles. The van der Waals surface area contributed by atoms with Crippen LogP contribution in [0.2, 0.25) is 0 Å². The molecule has 0 saturated carbocycles. The molecule has 4 rings (SSSR count). The Labute approximate surface area is 251 Å². The fraction of sp³-hybridized carbons (Fsp3) is 0.367. The molecule has 2 heterocycles. The number of carbonyl (C=O) groups excluding carboxylic acids is 3. The van der Waals surface area contributed by atoms with Crippen LogP contribution < -0.4 is 16.0 Å². The number of thiophene rings is 1. The molecule has 0 bridgehead atoms. The van der Waals surface area contributed by atoms with Crippen molar-refractivity contribution >= 4 is 44.2 Å². The minimum Gasteiger partial charge on any atom is -0.341 e. The van der Waals surface area contributed by atoms with Crippen molar-refractivity contribution in [2.75, 3.05) is 32.0 Å². The third-order valence-corrected chi connectivity index (χ3v) is 10.0. The average Bonchev–Trinajstić information content (AvgIpc) is 3.34. The standard InChI is InChI=1S/C30H37N5O5S2/c1-4-16-35(17-5-2)42(39,40)23-13-11-22(12-14-23)27(36)32-29-26(28(37)33-30(38)31-3)24-15-18-34(20-25(24)41-29)19-21-9-7-6-8-10-21/h6-14H,4-5,15-20H2,1-3H3,(H,32,36)(H2,31,33,37,38). The van der Waals surface area contributed by atoms with E-state index in [2.05, 4.69) is 33.0 Å². The Balaban J connectivity index is 1.57. The number of rotatable bonds is 11. The van der Waals surface area contributed by atoms with Crippen LogP contribution in [0, 0.1) is 0 Å². The van der Waals surface area contributed by atoms with Gasteiger partial charge in [-0.15, -0.1) is 11.3 Å². The van der Waals surface area contributed by atoms with Crippen molar-refractivity contribution in [3.63, 3.8) is 0 Å². The van der Waals surface area contributed by atoms with Gasteiger partial charge in [0.1, 0.15) is 5.00 Å². The lowest BCUT2D eigenvalue weighted by molar-refractivity contribution is 0.0964. The summed E-state index contributed by atoms with van der Waals surface area (Å²) in [5.41, 5.74) is 2.53. The zero-order chi connectivity index (χ0) is 30.3. The molecule has 0 spiro atoms. The monoisotopic (exact) mass is 611 g/mol. The van der Waals surface area contributed by atoms with Gasteiger partial charge in [-0.1, -0.05) is 44.2 Å². The summed E-state index contributed by atoms with van der Waals surface area (Å²) in [7, 11) is -2.26. The SMILES string of the molecule is CCCN(CCC)S(=O)(=O)c1ccc(C(=O)Nc2sc3c(c2C(=O)NC(=O)NC)CCN(Cc2ccccc2)C3)cc1. The lowest BCUT2D eigenvalue weighted by Gasteiger charge is -2.27. The van der Waals surface area contributed by atoms with Crippen molar-refractivity contribution in [2.24, 2.45) is 0 Å². The van der Waals surface area contributed by atoms with Crippen LogP contribution in [-0.2, 0) is 29.5 Å². The first-order valence-corrected chi connectivity index (χ1v) is 16.3. The number of nitrogens with zero attached hydrogens (tertiary/aromatic N) is 2. The van der Waals surface area contributed by atoms with Crippen LogP contribution in [0.3, 0.4) is 0 Å². The molecule has 0 fully saturated rings. The van der Waals surface area contributed by atoms with Gasteiger partial charge in [0.25, 0.3) is 11.8 Å². The fourth-order valence-electron chi connectivity index (χ4n) is 4.94. The van der Waals surface area contributed by atoms with Gasteiger partial charge in [0.2, 0.25) is 10.0 Å². The highest BCUT2D eigenvalue weighted by molar-refractivity contribution is 7.89. The normalized spacial score (nSPS) is 13.4. The van der Waals surface area contributed by atoms with Crippen LogP contribution in [0.15, 0.2) is 59.5 Å². The van der Waals surface area contributed by atoms with Gasteiger partial charge in [0, 0.05) is 50.2 Å². The number of fused-ring (bicyclic) bond motifs is 1. The number of hydrogen-bond acceptors (Lipinski definition) is 7. The Hall–Kier alpha value is -3.58. The summed E-state index contributed by atoms with van der Waals surface area (Å²) >= 11 is 1.32. The van der Waals surface area contributed by atoms with Crippen LogP contribution in [-0.4, -0.2) is 62.2 Å². The van der Waals surface area contributed by atoms with Crippen LogP contribution in [0.5, 0.6) is 0 Å². The highest BCUT2D eigenvalue weighted by Crippen LogP contribution is 2.38. The number of urea groups is 1. The van der Waals surface area contributed by atoms with Gasteiger partial charge in [-0.2, -0.15) is 4.31 Å². The Morgan fingerprint density at radius 2 is 1.62 bits per heavy atom. The molecule has 1 aliphatic heterocycles. The van der Waals surface area contributed by atoms with Crippen LogP contribution in [0.25, 0.3) is 0 Å². The Morgan fingerprint density at radius 1 is 0.952 bits per heavy atom. The second-order valence-corrected chi connectivity index (χ2v) is 13.1. The van der Waals surface area contributed by atoms with Gasteiger partial charge in [-0.05, 0) is 54.7 Å². The molecule has 0 unspecified atom stereocenters. The highest BCUT2D eigenvalue weighted by atomic mass is 32.2. The molecule has 12 heteroatoms. The number of imide groups is 1. The lowest BCUT2D eigenvalue weighted by Crippen LogP contribution is -2.38. The molecule has 10 nitrogen and oxygen atoms in total. The minimum atomic E-state index is -3.68. The lowest BCUT2D eigenvalue weighted by atomic mass is 10.0. The topological polar surface area (TPSA) is 128 Å². The average molecular weight is 612 g/mol. The Kier molecular flexibility index (Phi) is 10.5. The molecule has 3 N–H and O–H groups in total. The molecule has 1 aromatic heterocycles. The van der Waals surface area contributed by atoms with E-state index in [4.69, 9.17) is 0 Å². The number of amides is 4. The number of anilines is 1. The number of nitrogens with one attached hydrogen (secondary N) is 3. The summed E-state index contributed by atoms with van der Waals surface area (Å²) in [6.45, 7) is 6.77. The van der Waals surface area contributed by atoms with Gasteiger partial charge in [0.05, 0.1) is 10.5 Å². The molecule has 2 aromatic carbocycles. The third kappa shape index (κ3) is 7.24.